The van der Waals surface area contributed by atoms with E-state index < -0.39 is 119 Å². The average Bonchev–Trinajstić information content (AvgIpc) is 2.78. The van der Waals surface area contributed by atoms with Crippen LogP contribution in [0.15, 0.2) is 12.1 Å². The molecule has 1 fully saturated rings. The first kappa shape index (κ1) is 4.67. The summed E-state index contributed by atoms with van der Waals surface area (Å²) in [6.45, 7) is -12.0. The predicted molar refractivity (Wildman–Crippen MR) is 91.1 cm³/mol. The molecule has 1 saturated heterocycles. The maximum atomic E-state index is 11.1. The maximum absolute atomic E-state index is 11.1. The lowest BCUT2D eigenvalue weighted by atomic mass is 9.79. The number of fused-ring (bicyclic) bond motifs is 3. The number of methoxy groups -OCH3 is 2. The average molecular weight is 341 g/mol. The van der Waals surface area contributed by atoms with Gasteiger partial charge in [0.2, 0.25) is 0 Å². The van der Waals surface area contributed by atoms with Gasteiger partial charge in [-0.15, -0.1) is 0 Å². The Balaban J connectivity index is 2.34. The van der Waals surface area contributed by atoms with Crippen molar-refractivity contribution in [3.05, 3.63) is 23.2 Å². The predicted octanol–water partition coefficient (Wildman–Crippen LogP) is 3.03. The summed E-state index contributed by atoms with van der Waals surface area (Å²) in [5.41, 5.74) is -1.58. The standard InChI is InChI=1S/C19H29NO3/c1-12(2)7-14-11-20-6-5-13-8-18(22-3)19(23-4)9-15(13)16(20)10-17(14)21/h8-9,12,14,16-17,21H,5-7,10-11H2,1-4H3/i1D3,2D3,3D3,4D3,5D2,6D2,7D2,8D,9D,12D. The number of ether oxygens (including phenoxy) is 2. The van der Waals surface area contributed by atoms with Gasteiger partial charge < -0.3 is 14.6 Å². The number of piperidine rings is 1. The minimum absolute atomic E-state index is 0.574. The van der Waals surface area contributed by atoms with Crippen LogP contribution in [0.2, 0.25) is 0 Å². The van der Waals surface area contributed by atoms with E-state index in [0.29, 0.717) is 4.90 Å². The molecule has 0 bridgehead atoms. The monoisotopic (exact) mass is 340 g/mol. The summed E-state index contributed by atoms with van der Waals surface area (Å²) in [4.78, 5) is 0.574. The Morgan fingerprint density at radius 1 is 1.48 bits per heavy atom. The fourth-order valence-corrected chi connectivity index (χ4v) is 2.80. The van der Waals surface area contributed by atoms with E-state index in [2.05, 4.69) is 0 Å². The summed E-state index contributed by atoms with van der Waals surface area (Å²) in [6, 6.07) is -3.89. The quantitative estimate of drug-likeness (QED) is 0.915. The van der Waals surface area contributed by atoms with Crippen LogP contribution in [0, 0.1) is 11.8 Å². The topological polar surface area (TPSA) is 41.9 Å². The highest BCUT2D eigenvalue weighted by atomic mass is 16.5. The molecule has 128 valence electrons. The highest BCUT2D eigenvalue weighted by molar-refractivity contribution is 5.49. The van der Waals surface area contributed by atoms with E-state index in [4.69, 9.17) is 38.3 Å². The molecule has 0 spiro atoms. The smallest absolute Gasteiger partial charge is 0.161 e. The molecule has 1 N–H and O–H groups in total. The Morgan fingerprint density at radius 3 is 3.00 bits per heavy atom. The molecule has 4 heteroatoms. The van der Waals surface area contributed by atoms with Crippen LogP contribution >= 0.6 is 0 Å². The lowest BCUT2D eigenvalue weighted by Gasteiger charge is -2.46. The van der Waals surface area contributed by atoms with E-state index in [-0.39, 0.29) is 0 Å². The molecule has 1 aromatic carbocycles. The van der Waals surface area contributed by atoms with Crippen LogP contribution in [0.4, 0.5) is 0 Å². The van der Waals surface area contributed by atoms with Crippen LogP contribution in [-0.2, 0) is 6.37 Å². The van der Waals surface area contributed by atoms with Crippen molar-refractivity contribution in [1.82, 2.24) is 4.90 Å². The van der Waals surface area contributed by atoms with Crippen molar-refractivity contribution in [3.63, 3.8) is 0 Å². The van der Waals surface area contributed by atoms with Crippen LogP contribution in [0.25, 0.3) is 0 Å². The van der Waals surface area contributed by atoms with Gasteiger partial charge in [-0.3, -0.25) is 4.90 Å². The molecule has 3 atom stereocenters. The van der Waals surface area contributed by atoms with E-state index in [1.807, 2.05) is 0 Å². The normalized spacial score (nSPS) is 48.6. The van der Waals surface area contributed by atoms with Gasteiger partial charge in [-0.2, -0.15) is 0 Å². The fourth-order valence-electron chi connectivity index (χ4n) is 2.80. The third-order valence-corrected chi connectivity index (χ3v) is 3.85. The molecule has 3 rings (SSSR count). The lowest BCUT2D eigenvalue weighted by molar-refractivity contribution is -0.0191. The van der Waals surface area contributed by atoms with Gasteiger partial charge in [0.25, 0.3) is 0 Å². The molecule has 0 amide bonds. The second kappa shape index (κ2) is 6.70. The Hall–Kier alpha value is -1.26. The Bertz CT molecular complexity index is 1270. The largest absolute Gasteiger partial charge is 0.493 e. The first-order valence-corrected chi connectivity index (χ1v) is 6.76. The summed E-state index contributed by atoms with van der Waals surface area (Å²) >= 11 is 0. The first-order chi connectivity index (χ1) is 19.3. The van der Waals surface area contributed by atoms with E-state index in [1.54, 1.807) is 0 Å². The zero-order chi connectivity index (χ0) is 34.6. The number of benzene rings is 1. The molecule has 3 unspecified atom stereocenters. The summed E-state index contributed by atoms with van der Waals surface area (Å²) in [5.74, 6) is -8.32. The number of nitrogens with zero attached hydrogens (tertiary/aromatic N) is 1. The van der Waals surface area contributed by atoms with Crippen molar-refractivity contribution in [2.75, 3.05) is 27.1 Å². The molecule has 0 radical (unpaired) electrons. The number of hydrogen-bond donors (Lipinski definition) is 1. The molecular formula is C19H29NO3. The third-order valence-electron chi connectivity index (χ3n) is 3.85. The second-order valence-corrected chi connectivity index (χ2v) is 5.23. The van der Waals surface area contributed by atoms with Crippen LogP contribution in [0.1, 0.15) is 72.5 Å². The van der Waals surface area contributed by atoms with Gasteiger partial charge in [0.1, 0.15) is 0 Å². The third kappa shape index (κ3) is 3.20. The molecule has 2 heterocycles. The SMILES string of the molecule is [2H]c1c(OC([2H])([2H])[2H])c(OC([2H])([2H])[2H])c([2H])c2c1C1CC(O)C(C([2H])([2H])C([2H])(C([2H])([2H])[2H])C([2H])([2H])[2H])CN1C([2H])([2H])C2([2H])[2H]. The zero-order valence-electron chi connectivity index (χ0n) is 32.9. The van der Waals surface area contributed by atoms with Gasteiger partial charge in [0.15, 0.2) is 11.5 Å². The fraction of sp³-hybridized carbons (Fsp3) is 0.684. The van der Waals surface area contributed by atoms with Gasteiger partial charge in [0, 0.05) is 36.9 Å². The molecule has 4 nitrogen and oxygen atoms in total. The van der Waals surface area contributed by atoms with Crippen molar-refractivity contribution >= 4 is 0 Å². The zero-order valence-corrected chi connectivity index (χ0v) is 11.9. The number of aliphatic hydroxyl groups is 1. The number of rotatable bonds is 4. The Kier molecular flexibility index (Phi) is 1.36. The highest BCUT2D eigenvalue weighted by Gasteiger charge is 2.38. The summed E-state index contributed by atoms with van der Waals surface area (Å²) in [7, 11) is -6.73. The van der Waals surface area contributed by atoms with Crippen LogP contribution in [0.5, 0.6) is 11.5 Å². The van der Waals surface area contributed by atoms with Gasteiger partial charge in [0.05, 0.1) is 31.1 Å². The Labute approximate surface area is 168 Å². The number of hydrogen-bond acceptors (Lipinski definition) is 4. The van der Waals surface area contributed by atoms with Crippen molar-refractivity contribution in [2.24, 2.45) is 11.8 Å². The van der Waals surface area contributed by atoms with E-state index in [0.717, 1.165) is 0 Å². The van der Waals surface area contributed by atoms with E-state index in [9.17, 15) is 5.11 Å². The van der Waals surface area contributed by atoms with E-state index in [1.165, 1.54) is 0 Å². The summed E-state index contributed by atoms with van der Waals surface area (Å²) < 4.78 is 178. The first-order valence-electron chi connectivity index (χ1n) is 17.3. The maximum Gasteiger partial charge on any atom is 0.161 e. The molecule has 2 aliphatic heterocycles. The van der Waals surface area contributed by atoms with Crippen molar-refractivity contribution in [2.45, 2.75) is 45.0 Å². The second-order valence-electron chi connectivity index (χ2n) is 5.23. The molecule has 1 aromatic rings. The van der Waals surface area contributed by atoms with E-state index >= 15 is 0 Å². The molecular weight excluding hydrogens is 290 g/mol. The van der Waals surface area contributed by atoms with Crippen LogP contribution in [0.3, 0.4) is 0 Å². The summed E-state index contributed by atoms with van der Waals surface area (Å²) in [6.07, 6.45) is -9.87. The van der Waals surface area contributed by atoms with Gasteiger partial charge >= 0.3 is 0 Å². The van der Waals surface area contributed by atoms with Crippen molar-refractivity contribution < 1.29 is 43.4 Å². The minimum atomic E-state index is -3.86. The summed E-state index contributed by atoms with van der Waals surface area (Å²) in [5, 5.41) is 11.1. The lowest BCUT2D eigenvalue weighted by Crippen LogP contribution is -2.48. The molecule has 0 aromatic heterocycles. The van der Waals surface area contributed by atoms with Gasteiger partial charge in [-0.1, -0.05) is 13.7 Å². The van der Waals surface area contributed by atoms with Crippen LogP contribution < -0.4 is 9.47 Å². The molecule has 0 saturated carbocycles. The Morgan fingerprint density at radius 2 is 2.26 bits per heavy atom. The van der Waals surface area contributed by atoms with Crippen molar-refractivity contribution in [1.29, 1.82) is 0 Å². The molecule has 0 aliphatic carbocycles. The highest BCUT2D eigenvalue weighted by Crippen LogP contribution is 2.43. The van der Waals surface area contributed by atoms with Gasteiger partial charge in [-0.25, -0.2) is 0 Å². The van der Waals surface area contributed by atoms with Crippen LogP contribution in [-0.4, -0.2) is 43.2 Å². The minimum Gasteiger partial charge on any atom is -0.493 e. The molecule has 23 heavy (non-hydrogen) atoms. The molecule has 2 aliphatic rings. The number of aliphatic hydroxyl groups excluding tert-OH is 1. The van der Waals surface area contributed by atoms with Crippen molar-refractivity contribution in [3.8, 4) is 11.5 Å². The van der Waals surface area contributed by atoms with Gasteiger partial charge in [-0.05, 0) is 54.2 Å².